The predicted molar refractivity (Wildman–Crippen MR) is 93.6 cm³/mol. The standard InChI is InChI=1S/C17H15ClN4OS/c18-12-4-3-11-7-13-9-21(5-6-22(13)14(11)8-12)17(23)16-15(10-1-2-10)19-20-24-16/h3-4,7-8,10H,1-2,5-6,9H2. The second-order valence-electron chi connectivity index (χ2n) is 6.48. The van der Waals surface area contributed by atoms with E-state index in [2.05, 4.69) is 20.2 Å². The van der Waals surface area contributed by atoms with Crippen molar-refractivity contribution in [2.75, 3.05) is 6.54 Å². The van der Waals surface area contributed by atoms with E-state index in [-0.39, 0.29) is 5.91 Å². The molecular weight excluding hydrogens is 344 g/mol. The molecule has 1 aliphatic heterocycles. The van der Waals surface area contributed by atoms with Crippen molar-refractivity contribution in [1.82, 2.24) is 19.1 Å². The van der Waals surface area contributed by atoms with Crippen molar-refractivity contribution in [3.05, 3.63) is 45.6 Å². The summed E-state index contributed by atoms with van der Waals surface area (Å²) in [6.45, 7) is 2.10. The topological polar surface area (TPSA) is 51.0 Å². The highest BCUT2D eigenvalue weighted by Crippen LogP contribution is 2.41. The molecule has 0 saturated heterocycles. The molecule has 5 nitrogen and oxygen atoms in total. The molecule has 0 radical (unpaired) electrons. The van der Waals surface area contributed by atoms with E-state index in [1.165, 1.54) is 16.9 Å². The summed E-state index contributed by atoms with van der Waals surface area (Å²) in [7, 11) is 0. The van der Waals surface area contributed by atoms with E-state index in [1.807, 2.05) is 23.1 Å². The number of hydrogen-bond acceptors (Lipinski definition) is 4. The van der Waals surface area contributed by atoms with E-state index in [0.29, 0.717) is 19.0 Å². The van der Waals surface area contributed by atoms with E-state index in [9.17, 15) is 4.79 Å². The maximum atomic E-state index is 12.9. The first-order chi connectivity index (χ1) is 11.7. The molecule has 24 heavy (non-hydrogen) atoms. The van der Waals surface area contributed by atoms with E-state index in [1.54, 1.807) is 0 Å². The van der Waals surface area contributed by atoms with Crippen LogP contribution in [-0.4, -0.2) is 31.5 Å². The lowest BCUT2D eigenvalue weighted by molar-refractivity contribution is 0.0716. The fourth-order valence-corrected chi connectivity index (χ4v) is 4.35. The van der Waals surface area contributed by atoms with Crippen molar-refractivity contribution in [1.29, 1.82) is 0 Å². The molecule has 2 aliphatic rings. The van der Waals surface area contributed by atoms with Gasteiger partial charge in [0.05, 0.1) is 12.2 Å². The van der Waals surface area contributed by atoms with Crippen molar-refractivity contribution in [3.8, 4) is 0 Å². The lowest BCUT2D eigenvalue weighted by atomic mass is 10.2. The molecule has 0 unspecified atom stereocenters. The Morgan fingerprint density at radius 1 is 1.25 bits per heavy atom. The Morgan fingerprint density at radius 2 is 2.12 bits per heavy atom. The second-order valence-corrected chi connectivity index (χ2v) is 7.67. The summed E-state index contributed by atoms with van der Waals surface area (Å²) in [6.07, 6.45) is 2.25. The van der Waals surface area contributed by atoms with Crippen LogP contribution in [0.5, 0.6) is 0 Å². The van der Waals surface area contributed by atoms with E-state index >= 15 is 0 Å². The van der Waals surface area contributed by atoms with Gasteiger partial charge in [-0.05, 0) is 42.6 Å². The summed E-state index contributed by atoms with van der Waals surface area (Å²) >= 11 is 7.36. The maximum Gasteiger partial charge on any atom is 0.267 e. The lowest BCUT2D eigenvalue weighted by Gasteiger charge is -2.28. The van der Waals surface area contributed by atoms with Gasteiger partial charge < -0.3 is 9.47 Å². The molecule has 1 amide bonds. The number of hydrogen-bond donors (Lipinski definition) is 0. The minimum absolute atomic E-state index is 0.0708. The van der Waals surface area contributed by atoms with Crippen molar-refractivity contribution < 1.29 is 4.79 Å². The Kier molecular flexibility index (Phi) is 3.18. The van der Waals surface area contributed by atoms with Gasteiger partial charge >= 0.3 is 0 Å². The maximum absolute atomic E-state index is 12.9. The molecule has 5 rings (SSSR count). The largest absolute Gasteiger partial charge is 0.341 e. The third-order valence-corrected chi connectivity index (χ3v) is 5.82. The highest BCUT2D eigenvalue weighted by molar-refractivity contribution is 7.08. The summed E-state index contributed by atoms with van der Waals surface area (Å²) in [5, 5.41) is 6.09. The Morgan fingerprint density at radius 3 is 2.96 bits per heavy atom. The smallest absolute Gasteiger partial charge is 0.267 e. The van der Waals surface area contributed by atoms with E-state index in [0.717, 1.165) is 46.2 Å². The van der Waals surface area contributed by atoms with Crippen LogP contribution >= 0.6 is 23.1 Å². The molecule has 3 aromatic rings. The van der Waals surface area contributed by atoms with Crippen LogP contribution in [0.25, 0.3) is 10.9 Å². The number of benzene rings is 1. The monoisotopic (exact) mass is 358 g/mol. The predicted octanol–water partition coefficient (Wildman–Crippen LogP) is 3.68. The van der Waals surface area contributed by atoms with Crippen LogP contribution in [0, 0.1) is 0 Å². The van der Waals surface area contributed by atoms with Crippen LogP contribution in [0.15, 0.2) is 24.3 Å². The lowest BCUT2D eigenvalue weighted by Crippen LogP contribution is -2.38. The average Bonchev–Trinajstić information content (AvgIpc) is 3.20. The number of carbonyl (C=O) groups is 1. The highest BCUT2D eigenvalue weighted by Gasteiger charge is 2.34. The zero-order chi connectivity index (χ0) is 16.3. The number of fused-ring (bicyclic) bond motifs is 3. The number of rotatable bonds is 2. The zero-order valence-electron chi connectivity index (χ0n) is 12.9. The van der Waals surface area contributed by atoms with Gasteiger partial charge in [0, 0.05) is 40.6 Å². The number of nitrogens with zero attached hydrogens (tertiary/aromatic N) is 4. The Balaban J connectivity index is 1.47. The van der Waals surface area contributed by atoms with Gasteiger partial charge in [-0.1, -0.05) is 22.2 Å². The van der Waals surface area contributed by atoms with Crippen LogP contribution < -0.4 is 0 Å². The van der Waals surface area contributed by atoms with Crippen molar-refractivity contribution in [2.45, 2.75) is 31.8 Å². The summed E-state index contributed by atoms with van der Waals surface area (Å²) in [5.74, 6) is 0.516. The molecule has 3 heterocycles. The molecule has 0 spiro atoms. The Bertz CT molecular complexity index is 959. The second kappa shape index (κ2) is 5.29. The minimum Gasteiger partial charge on any atom is -0.341 e. The van der Waals surface area contributed by atoms with Gasteiger partial charge in [-0.3, -0.25) is 4.79 Å². The number of halogens is 1. The first-order valence-electron chi connectivity index (χ1n) is 8.10. The Hall–Kier alpha value is -1.92. The molecule has 2 aromatic heterocycles. The SMILES string of the molecule is O=C(c1snnc1C1CC1)N1CCn2c(cc3ccc(Cl)cc32)C1. The van der Waals surface area contributed by atoms with Gasteiger partial charge in [0.15, 0.2) is 0 Å². The molecule has 122 valence electrons. The fourth-order valence-electron chi connectivity index (χ4n) is 3.46. The van der Waals surface area contributed by atoms with E-state index < -0.39 is 0 Å². The molecular formula is C17H15ClN4OS. The van der Waals surface area contributed by atoms with Crippen LogP contribution in [0.2, 0.25) is 5.02 Å². The van der Waals surface area contributed by atoms with Crippen LogP contribution in [0.1, 0.15) is 39.8 Å². The van der Waals surface area contributed by atoms with Crippen LogP contribution in [-0.2, 0) is 13.1 Å². The summed E-state index contributed by atoms with van der Waals surface area (Å²) < 4.78 is 6.27. The molecule has 7 heteroatoms. The molecule has 0 atom stereocenters. The summed E-state index contributed by atoms with van der Waals surface area (Å²) in [6, 6.07) is 8.09. The first-order valence-corrected chi connectivity index (χ1v) is 9.25. The molecule has 1 aliphatic carbocycles. The number of carbonyl (C=O) groups excluding carboxylic acids is 1. The van der Waals surface area contributed by atoms with Gasteiger partial charge in [-0.15, -0.1) is 5.10 Å². The molecule has 0 bridgehead atoms. The van der Waals surface area contributed by atoms with Gasteiger partial charge in [-0.25, -0.2) is 0 Å². The van der Waals surface area contributed by atoms with Crippen molar-refractivity contribution in [2.24, 2.45) is 0 Å². The van der Waals surface area contributed by atoms with E-state index in [4.69, 9.17) is 11.6 Å². The number of aromatic nitrogens is 3. The molecule has 1 aromatic carbocycles. The Labute approximate surface area is 148 Å². The quantitative estimate of drug-likeness (QED) is 0.702. The van der Waals surface area contributed by atoms with Gasteiger partial charge in [0.1, 0.15) is 4.88 Å². The van der Waals surface area contributed by atoms with Gasteiger partial charge in [0.2, 0.25) is 0 Å². The molecule has 1 fully saturated rings. The van der Waals surface area contributed by atoms with Crippen LogP contribution in [0.4, 0.5) is 0 Å². The molecule has 0 N–H and O–H groups in total. The first kappa shape index (κ1) is 14.4. The third kappa shape index (κ3) is 2.24. The van der Waals surface area contributed by atoms with Gasteiger partial charge in [-0.2, -0.15) is 0 Å². The number of amides is 1. The average molecular weight is 359 g/mol. The third-order valence-electron chi connectivity index (χ3n) is 4.86. The summed E-state index contributed by atoms with van der Waals surface area (Å²) in [5.41, 5.74) is 3.20. The normalized spacial score (nSPS) is 17.3. The summed E-state index contributed by atoms with van der Waals surface area (Å²) in [4.78, 5) is 15.6. The van der Waals surface area contributed by atoms with Gasteiger partial charge in [0.25, 0.3) is 5.91 Å². The minimum atomic E-state index is 0.0708. The molecule has 1 saturated carbocycles. The zero-order valence-corrected chi connectivity index (χ0v) is 14.5. The van der Waals surface area contributed by atoms with Crippen molar-refractivity contribution >= 4 is 39.9 Å². The van der Waals surface area contributed by atoms with Crippen LogP contribution in [0.3, 0.4) is 0 Å². The highest BCUT2D eigenvalue weighted by atomic mass is 35.5. The van der Waals surface area contributed by atoms with Crippen molar-refractivity contribution in [3.63, 3.8) is 0 Å². The fraction of sp³-hybridized carbons (Fsp3) is 0.353.